The van der Waals surface area contributed by atoms with E-state index in [9.17, 15) is 0 Å². The molecule has 2 aromatic rings. The number of rotatable bonds is 3. The highest BCUT2D eigenvalue weighted by atomic mass is 16.5. The molecule has 0 amide bonds. The van der Waals surface area contributed by atoms with E-state index < -0.39 is 0 Å². The smallest absolute Gasteiger partial charge is 0.138 e. The molecular weight excluding hydrogens is 224 g/mol. The first-order valence-electron chi connectivity index (χ1n) is 6.26. The molecule has 0 fully saturated rings. The molecule has 0 bridgehead atoms. The average molecular weight is 240 g/mol. The number of hydrogen-bond acceptors (Lipinski definition) is 3. The lowest BCUT2D eigenvalue weighted by Crippen LogP contribution is -2.23. The van der Waals surface area contributed by atoms with Crippen LogP contribution in [0.5, 0.6) is 5.75 Å². The zero-order chi connectivity index (χ0) is 12.2. The molecule has 1 N–H and O–H groups in total. The summed E-state index contributed by atoms with van der Waals surface area (Å²) in [7, 11) is 0. The monoisotopic (exact) mass is 240 g/mol. The number of benzene rings is 1. The van der Waals surface area contributed by atoms with E-state index in [0.29, 0.717) is 6.61 Å². The molecule has 1 aliphatic rings. The van der Waals surface area contributed by atoms with Crippen LogP contribution in [0.3, 0.4) is 0 Å². The van der Waals surface area contributed by atoms with Gasteiger partial charge in [-0.3, -0.25) is 4.98 Å². The molecule has 0 radical (unpaired) electrons. The van der Waals surface area contributed by atoms with Crippen LogP contribution in [0.25, 0.3) is 0 Å². The van der Waals surface area contributed by atoms with E-state index in [1.807, 2.05) is 12.1 Å². The molecule has 0 aliphatic carbocycles. The van der Waals surface area contributed by atoms with Gasteiger partial charge in [0.1, 0.15) is 12.4 Å². The second-order valence-corrected chi connectivity index (χ2v) is 4.51. The van der Waals surface area contributed by atoms with Crippen LogP contribution < -0.4 is 10.1 Å². The molecule has 1 aromatic carbocycles. The fourth-order valence-electron chi connectivity index (χ4n) is 2.22. The number of nitrogens with zero attached hydrogens (tertiary/aromatic N) is 1. The fourth-order valence-corrected chi connectivity index (χ4v) is 2.22. The summed E-state index contributed by atoms with van der Waals surface area (Å²) in [6.45, 7) is 2.66. The van der Waals surface area contributed by atoms with Crippen molar-refractivity contribution in [1.29, 1.82) is 0 Å². The molecule has 92 valence electrons. The zero-order valence-electron chi connectivity index (χ0n) is 10.2. The van der Waals surface area contributed by atoms with Crippen molar-refractivity contribution in [2.75, 3.05) is 6.54 Å². The Labute approximate surface area is 107 Å². The number of pyridine rings is 1. The van der Waals surface area contributed by atoms with Crippen LogP contribution in [-0.4, -0.2) is 11.5 Å². The van der Waals surface area contributed by atoms with Gasteiger partial charge in [0.15, 0.2) is 0 Å². The quantitative estimate of drug-likeness (QED) is 0.894. The third-order valence-corrected chi connectivity index (χ3v) is 3.20. The molecular formula is C15H16N2O. The van der Waals surface area contributed by atoms with Crippen molar-refractivity contribution in [3.63, 3.8) is 0 Å². The van der Waals surface area contributed by atoms with Gasteiger partial charge in [-0.25, -0.2) is 0 Å². The maximum Gasteiger partial charge on any atom is 0.138 e. The highest BCUT2D eigenvalue weighted by molar-refractivity contribution is 5.33. The minimum atomic E-state index is 0.604. The fraction of sp³-hybridized carbons (Fsp3) is 0.267. The second-order valence-electron chi connectivity index (χ2n) is 4.51. The van der Waals surface area contributed by atoms with Gasteiger partial charge in [-0.2, -0.15) is 0 Å². The van der Waals surface area contributed by atoms with Gasteiger partial charge in [0.25, 0.3) is 0 Å². The van der Waals surface area contributed by atoms with Crippen molar-refractivity contribution in [2.45, 2.75) is 19.6 Å². The topological polar surface area (TPSA) is 34.1 Å². The van der Waals surface area contributed by atoms with E-state index in [2.05, 4.69) is 28.5 Å². The van der Waals surface area contributed by atoms with Crippen LogP contribution in [0.15, 0.2) is 42.7 Å². The van der Waals surface area contributed by atoms with E-state index in [0.717, 1.165) is 25.3 Å². The van der Waals surface area contributed by atoms with Crippen LogP contribution in [0.1, 0.15) is 16.7 Å². The number of aromatic nitrogens is 1. The lowest BCUT2D eigenvalue weighted by Gasteiger charge is -2.18. The summed E-state index contributed by atoms with van der Waals surface area (Å²) in [6, 6.07) is 10.4. The molecule has 3 heteroatoms. The Kier molecular flexibility index (Phi) is 3.24. The van der Waals surface area contributed by atoms with Crippen molar-refractivity contribution in [3.8, 4) is 5.75 Å². The maximum atomic E-state index is 5.70. The Hall–Kier alpha value is -1.87. The van der Waals surface area contributed by atoms with Crippen molar-refractivity contribution < 1.29 is 4.74 Å². The van der Waals surface area contributed by atoms with Crippen LogP contribution in [0, 0.1) is 0 Å². The Balaban J connectivity index is 1.70. The predicted octanol–water partition coefficient (Wildman–Crippen LogP) is 2.31. The number of ether oxygens (including phenoxy) is 1. The van der Waals surface area contributed by atoms with E-state index in [4.69, 9.17) is 4.74 Å². The summed E-state index contributed by atoms with van der Waals surface area (Å²) in [5.41, 5.74) is 4.08. The number of fused-ring (bicyclic) bond motifs is 1. The van der Waals surface area contributed by atoms with E-state index >= 15 is 0 Å². The van der Waals surface area contributed by atoms with E-state index in [-0.39, 0.29) is 0 Å². The predicted molar refractivity (Wildman–Crippen MR) is 70.4 cm³/mol. The molecule has 1 aromatic heterocycles. The second kappa shape index (κ2) is 5.19. The van der Waals surface area contributed by atoms with Crippen molar-refractivity contribution in [2.24, 2.45) is 0 Å². The van der Waals surface area contributed by atoms with Gasteiger partial charge in [-0.05, 0) is 41.8 Å². The highest BCUT2D eigenvalue weighted by Gasteiger charge is 2.08. The first-order chi connectivity index (χ1) is 8.92. The van der Waals surface area contributed by atoms with Crippen LogP contribution >= 0.6 is 0 Å². The van der Waals surface area contributed by atoms with Crippen LogP contribution in [0.2, 0.25) is 0 Å². The number of nitrogens with one attached hydrogen (secondary N) is 1. The molecule has 0 saturated carbocycles. The van der Waals surface area contributed by atoms with Gasteiger partial charge in [0.05, 0.1) is 6.20 Å². The molecule has 0 saturated heterocycles. The molecule has 0 atom stereocenters. The number of hydrogen-bond donors (Lipinski definition) is 1. The Morgan fingerprint density at radius 3 is 3.11 bits per heavy atom. The Morgan fingerprint density at radius 1 is 1.22 bits per heavy atom. The van der Waals surface area contributed by atoms with Crippen molar-refractivity contribution >= 4 is 0 Å². The molecule has 1 aliphatic heterocycles. The van der Waals surface area contributed by atoms with Crippen molar-refractivity contribution in [3.05, 3.63) is 59.4 Å². The highest BCUT2D eigenvalue weighted by Crippen LogP contribution is 2.17. The van der Waals surface area contributed by atoms with Gasteiger partial charge >= 0.3 is 0 Å². The summed E-state index contributed by atoms with van der Waals surface area (Å²) < 4.78 is 5.70. The van der Waals surface area contributed by atoms with Gasteiger partial charge in [0, 0.05) is 12.7 Å². The maximum absolute atomic E-state index is 5.70. The molecule has 18 heavy (non-hydrogen) atoms. The molecule has 3 nitrogen and oxygen atoms in total. The molecule has 3 rings (SSSR count). The minimum absolute atomic E-state index is 0.604. The lowest BCUT2D eigenvalue weighted by molar-refractivity contribution is 0.305. The molecule has 0 spiro atoms. The van der Waals surface area contributed by atoms with Gasteiger partial charge in [0.2, 0.25) is 0 Å². The summed E-state index contributed by atoms with van der Waals surface area (Å²) in [5.74, 6) is 0.817. The third kappa shape index (κ3) is 2.51. The van der Waals surface area contributed by atoms with E-state index in [1.165, 1.54) is 16.7 Å². The summed E-state index contributed by atoms with van der Waals surface area (Å²) in [6.07, 6.45) is 4.59. The van der Waals surface area contributed by atoms with Gasteiger partial charge in [-0.15, -0.1) is 0 Å². The molecule has 0 unspecified atom stereocenters. The zero-order valence-corrected chi connectivity index (χ0v) is 10.2. The summed E-state index contributed by atoms with van der Waals surface area (Å²) in [4.78, 5) is 4.03. The first kappa shape index (κ1) is 11.2. The van der Waals surface area contributed by atoms with E-state index in [1.54, 1.807) is 12.4 Å². The lowest BCUT2D eigenvalue weighted by atomic mass is 9.99. The first-order valence-corrected chi connectivity index (χ1v) is 6.26. The minimum Gasteiger partial charge on any atom is -0.487 e. The standard InChI is InChI=1S/C15H16N2O/c1-2-15(10-16-6-1)18-11-12-3-4-14-9-17-7-5-13(14)8-12/h1-4,6,8,10,17H,5,7,9,11H2. The largest absolute Gasteiger partial charge is 0.487 e. The van der Waals surface area contributed by atoms with Gasteiger partial charge < -0.3 is 10.1 Å². The Morgan fingerprint density at radius 2 is 2.22 bits per heavy atom. The summed E-state index contributed by atoms with van der Waals surface area (Å²) in [5, 5.41) is 3.38. The van der Waals surface area contributed by atoms with Crippen LogP contribution in [0.4, 0.5) is 0 Å². The van der Waals surface area contributed by atoms with Crippen molar-refractivity contribution in [1.82, 2.24) is 10.3 Å². The normalized spacial score (nSPS) is 14.0. The molecule has 2 heterocycles. The summed E-state index contributed by atoms with van der Waals surface area (Å²) >= 11 is 0. The van der Waals surface area contributed by atoms with Crippen LogP contribution in [-0.2, 0) is 19.6 Å². The SMILES string of the molecule is c1cncc(OCc2ccc3c(c2)CCNC3)c1. The average Bonchev–Trinajstić information content (AvgIpc) is 2.46. The van der Waals surface area contributed by atoms with Gasteiger partial charge in [-0.1, -0.05) is 18.2 Å². The third-order valence-electron chi connectivity index (χ3n) is 3.20. The Bertz CT molecular complexity index is 525.